The second-order valence-corrected chi connectivity index (χ2v) is 10.0. The van der Waals surface area contributed by atoms with E-state index in [1.165, 1.54) is 11.8 Å². The summed E-state index contributed by atoms with van der Waals surface area (Å²) in [6, 6.07) is 28.2. The van der Waals surface area contributed by atoms with Crippen LogP contribution in [0.3, 0.4) is 0 Å². The van der Waals surface area contributed by atoms with Crippen molar-refractivity contribution in [1.29, 1.82) is 0 Å². The zero-order valence-electron chi connectivity index (χ0n) is 16.7. The number of aryl methyl sites for hydroxylation is 2. The first kappa shape index (κ1) is 20.4. The van der Waals surface area contributed by atoms with E-state index in [4.69, 9.17) is 4.98 Å². The maximum absolute atomic E-state index is 13.5. The van der Waals surface area contributed by atoms with E-state index < -0.39 is 9.84 Å². The minimum absolute atomic E-state index is 0.263. The summed E-state index contributed by atoms with van der Waals surface area (Å²) in [6.07, 6.45) is 0. The van der Waals surface area contributed by atoms with Crippen LogP contribution in [0.1, 0.15) is 11.1 Å². The highest BCUT2D eigenvalue weighted by Gasteiger charge is 2.26. The van der Waals surface area contributed by atoms with Gasteiger partial charge in [-0.25, -0.2) is 13.4 Å². The number of hydrogen-bond donors (Lipinski definition) is 0. The van der Waals surface area contributed by atoms with Gasteiger partial charge in [0.05, 0.1) is 10.6 Å². The maximum atomic E-state index is 13.5. The van der Waals surface area contributed by atoms with E-state index in [1.54, 1.807) is 24.3 Å². The van der Waals surface area contributed by atoms with Gasteiger partial charge in [-0.3, -0.25) is 0 Å². The molecule has 0 spiro atoms. The third-order valence-corrected chi connectivity index (χ3v) is 7.83. The van der Waals surface area contributed by atoms with Gasteiger partial charge in [0.2, 0.25) is 9.84 Å². The molecule has 4 aromatic rings. The minimum Gasteiger partial charge on any atom is -0.240 e. The van der Waals surface area contributed by atoms with E-state index >= 15 is 0 Å². The molecule has 0 saturated carbocycles. The fourth-order valence-corrected chi connectivity index (χ4v) is 6.08. The van der Waals surface area contributed by atoms with Gasteiger partial charge in [-0.05, 0) is 49.7 Å². The molecule has 0 unspecified atom stereocenters. The number of nitrogens with zero attached hydrogens (tertiary/aromatic N) is 1. The minimum atomic E-state index is -3.71. The second kappa shape index (κ2) is 8.46. The molecule has 1 aromatic heterocycles. The lowest BCUT2D eigenvalue weighted by molar-refractivity contribution is 0.592. The number of hydrogen-bond acceptors (Lipinski definition) is 4. The number of pyridine rings is 1. The van der Waals surface area contributed by atoms with Gasteiger partial charge in [0.15, 0.2) is 0 Å². The van der Waals surface area contributed by atoms with E-state index in [1.807, 2.05) is 80.6 Å². The smallest absolute Gasteiger partial charge is 0.209 e. The zero-order chi connectivity index (χ0) is 21.1. The average molecular weight is 432 g/mol. The molecule has 5 heteroatoms. The molecular formula is C25H21NO2S2. The summed E-state index contributed by atoms with van der Waals surface area (Å²) in [5.74, 6) is 0. The van der Waals surface area contributed by atoms with Crippen LogP contribution in [-0.2, 0) is 9.84 Å². The fraction of sp³-hybridized carbons (Fsp3) is 0.0800. The number of sulfone groups is 1. The normalized spacial score (nSPS) is 11.4. The summed E-state index contributed by atoms with van der Waals surface area (Å²) in [4.78, 5) is 6.28. The van der Waals surface area contributed by atoms with Crippen molar-refractivity contribution in [3.05, 3.63) is 102 Å². The molecule has 0 atom stereocenters. The zero-order valence-corrected chi connectivity index (χ0v) is 18.4. The SMILES string of the molecule is Cc1ccc(Sc2nc(-c3ccccc3)cc(C)c2S(=O)(=O)c2ccccc2)cc1. The molecule has 0 fully saturated rings. The Morgan fingerprint density at radius 1 is 0.767 bits per heavy atom. The summed E-state index contributed by atoms with van der Waals surface area (Å²) < 4.78 is 27.0. The highest BCUT2D eigenvalue weighted by molar-refractivity contribution is 8.00. The van der Waals surface area contributed by atoms with Gasteiger partial charge >= 0.3 is 0 Å². The van der Waals surface area contributed by atoms with Crippen molar-refractivity contribution in [2.75, 3.05) is 0 Å². The number of benzene rings is 3. The first-order chi connectivity index (χ1) is 14.4. The standard InChI is InChI=1S/C25H21NO2S2/c1-18-13-15-21(16-14-18)29-25-24(30(27,28)22-11-7-4-8-12-22)19(2)17-23(26-25)20-9-5-3-6-10-20/h3-17H,1-2H3. The molecular weight excluding hydrogens is 410 g/mol. The molecule has 0 aliphatic rings. The van der Waals surface area contributed by atoms with Crippen LogP contribution in [0.15, 0.2) is 111 Å². The van der Waals surface area contributed by atoms with Crippen LogP contribution in [0.5, 0.6) is 0 Å². The Labute approximate surface area is 181 Å². The second-order valence-electron chi connectivity index (χ2n) is 7.06. The summed E-state index contributed by atoms with van der Waals surface area (Å²) in [7, 11) is -3.71. The van der Waals surface area contributed by atoms with E-state index in [0.717, 1.165) is 21.7 Å². The summed E-state index contributed by atoms with van der Waals surface area (Å²) in [5.41, 5.74) is 3.55. The van der Waals surface area contributed by atoms with Crippen LogP contribution in [0.4, 0.5) is 0 Å². The molecule has 0 amide bonds. The van der Waals surface area contributed by atoms with Crippen LogP contribution in [0.25, 0.3) is 11.3 Å². The molecule has 0 radical (unpaired) electrons. The Morgan fingerprint density at radius 2 is 1.37 bits per heavy atom. The number of aromatic nitrogens is 1. The van der Waals surface area contributed by atoms with Crippen LogP contribution in [-0.4, -0.2) is 13.4 Å². The lowest BCUT2D eigenvalue weighted by atomic mass is 10.1. The van der Waals surface area contributed by atoms with Crippen LogP contribution in [0.2, 0.25) is 0 Å². The highest BCUT2D eigenvalue weighted by atomic mass is 32.2. The largest absolute Gasteiger partial charge is 0.240 e. The van der Waals surface area contributed by atoms with Crippen molar-refractivity contribution in [2.24, 2.45) is 0 Å². The summed E-state index contributed by atoms with van der Waals surface area (Å²) >= 11 is 1.38. The maximum Gasteiger partial charge on any atom is 0.209 e. The van der Waals surface area contributed by atoms with Crippen molar-refractivity contribution in [1.82, 2.24) is 4.98 Å². The van der Waals surface area contributed by atoms with Crippen molar-refractivity contribution >= 4 is 21.6 Å². The fourth-order valence-electron chi connectivity index (χ4n) is 3.22. The van der Waals surface area contributed by atoms with Crippen molar-refractivity contribution in [2.45, 2.75) is 33.6 Å². The third kappa shape index (κ3) is 4.18. The number of rotatable bonds is 5. The lowest BCUT2D eigenvalue weighted by Crippen LogP contribution is -2.08. The molecule has 150 valence electrons. The van der Waals surface area contributed by atoms with E-state index in [9.17, 15) is 8.42 Å². The van der Waals surface area contributed by atoms with Gasteiger partial charge < -0.3 is 0 Å². The molecule has 0 aliphatic heterocycles. The molecule has 3 nitrogen and oxygen atoms in total. The Balaban J connectivity index is 1.91. The molecule has 30 heavy (non-hydrogen) atoms. The summed E-state index contributed by atoms with van der Waals surface area (Å²) in [6.45, 7) is 3.86. The molecule has 1 heterocycles. The van der Waals surface area contributed by atoms with Crippen LogP contribution >= 0.6 is 11.8 Å². The molecule has 3 aromatic carbocycles. The average Bonchev–Trinajstić information content (AvgIpc) is 2.76. The van der Waals surface area contributed by atoms with Gasteiger partial charge in [0.1, 0.15) is 9.92 Å². The van der Waals surface area contributed by atoms with Crippen molar-refractivity contribution in [3.63, 3.8) is 0 Å². The van der Waals surface area contributed by atoms with Gasteiger partial charge in [-0.15, -0.1) is 0 Å². The Kier molecular flexibility index (Phi) is 5.75. The van der Waals surface area contributed by atoms with Gasteiger partial charge in [0, 0.05) is 10.5 Å². The van der Waals surface area contributed by atoms with Crippen molar-refractivity contribution in [3.8, 4) is 11.3 Å². The molecule has 0 saturated heterocycles. The Morgan fingerprint density at radius 3 is 2.00 bits per heavy atom. The first-order valence-corrected chi connectivity index (χ1v) is 11.9. The monoisotopic (exact) mass is 431 g/mol. The molecule has 0 N–H and O–H groups in total. The molecule has 0 aliphatic carbocycles. The Bertz CT molecular complexity index is 1270. The van der Waals surface area contributed by atoms with Gasteiger partial charge in [-0.1, -0.05) is 78.0 Å². The van der Waals surface area contributed by atoms with Crippen LogP contribution in [0, 0.1) is 13.8 Å². The quantitative estimate of drug-likeness (QED) is 0.369. The Hall–Kier alpha value is -2.89. The predicted octanol–water partition coefficient (Wildman–Crippen LogP) is 6.35. The topological polar surface area (TPSA) is 47.0 Å². The molecule has 4 rings (SSSR count). The highest BCUT2D eigenvalue weighted by Crippen LogP contribution is 2.38. The van der Waals surface area contributed by atoms with Gasteiger partial charge in [-0.2, -0.15) is 0 Å². The first-order valence-electron chi connectivity index (χ1n) is 9.57. The third-order valence-electron chi connectivity index (χ3n) is 4.75. The van der Waals surface area contributed by atoms with Gasteiger partial charge in [0.25, 0.3) is 0 Å². The molecule has 0 bridgehead atoms. The van der Waals surface area contributed by atoms with E-state index in [-0.39, 0.29) is 9.79 Å². The van der Waals surface area contributed by atoms with E-state index in [0.29, 0.717) is 10.6 Å². The van der Waals surface area contributed by atoms with Crippen LogP contribution < -0.4 is 0 Å². The lowest BCUT2D eigenvalue weighted by Gasteiger charge is -2.15. The van der Waals surface area contributed by atoms with E-state index in [2.05, 4.69) is 0 Å². The predicted molar refractivity (Wildman–Crippen MR) is 122 cm³/mol. The van der Waals surface area contributed by atoms with Crippen molar-refractivity contribution < 1.29 is 8.42 Å². The summed E-state index contributed by atoms with van der Waals surface area (Å²) in [5, 5.41) is 0.488.